The summed E-state index contributed by atoms with van der Waals surface area (Å²) in [6, 6.07) is 11.0. The summed E-state index contributed by atoms with van der Waals surface area (Å²) < 4.78 is 10.7. The van der Waals surface area contributed by atoms with Gasteiger partial charge in [-0.1, -0.05) is 16.8 Å². The van der Waals surface area contributed by atoms with Gasteiger partial charge in [0, 0.05) is 28.8 Å². The molecule has 0 fully saturated rings. The van der Waals surface area contributed by atoms with Crippen LogP contribution in [0.15, 0.2) is 57.7 Å². The van der Waals surface area contributed by atoms with Crippen molar-refractivity contribution in [3.63, 3.8) is 0 Å². The Morgan fingerprint density at radius 1 is 1.24 bits per heavy atom. The molecule has 0 atom stereocenters. The zero-order valence-corrected chi connectivity index (χ0v) is 14.1. The average molecular weight is 355 g/mol. The summed E-state index contributed by atoms with van der Waals surface area (Å²) in [4.78, 5) is 14.1. The average Bonchev–Trinajstić information content (AvgIpc) is 3.29. The van der Waals surface area contributed by atoms with E-state index in [0.29, 0.717) is 30.3 Å². The third-order valence-electron chi connectivity index (χ3n) is 4.19. The number of rotatable bonds is 3. The molecule has 1 aromatic carbocycles. The maximum Gasteiger partial charge on any atom is 0.247 e. The summed E-state index contributed by atoms with van der Waals surface area (Å²) >= 11 is 5.93. The Kier molecular flexibility index (Phi) is 4.15. The fourth-order valence-electron chi connectivity index (χ4n) is 2.89. The molecule has 3 aromatic rings. The third kappa shape index (κ3) is 3.23. The molecule has 0 spiro atoms. The second-order valence-corrected chi connectivity index (χ2v) is 6.24. The van der Waals surface area contributed by atoms with E-state index in [2.05, 4.69) is 5.16 Å². The maximum atomic E-state index is 12.3. The van der Waals surface area contributed by atoms with Crippen molar-refractivity contribution in [1.29, 1.82) is 0 Å². The molecule has 5 nitrogen and oxygen atoms in total. The first-order valence-corrected chi connectivity index (χ1v) is 8.32. The number of fused-ring (bicyclic) bond motifs is 1. The van der Waals surface area contributed by atoms with Gasteiger partial charge >= 0.3 is 0 Å². The van der Waals surface area contributed by atoms with Gasteiger partial charge in [0.1, 0.15) is 11.5 Å². The van der Waals surface area contributed by atoms with Gasteiger partial charge in [0.25, 0.3) is 0 Å². The maximum absolute atomic E-state index is 12.3. The van der Waals surface area contributed by atoms with Crippen LogP contribution >= 0.6 is 11.6 Å². The van der Waals surface area contributed by atoms with Crippen molar-refractivity contribution in [3.05, 3.63) is 70.8 Å². The van der Waals surface area contributed by atoms with Crippen LogP contribution in [0.1, 0.15) is 17.0 Å². The minimum Gasteiger partial charge on any atom is -0.465 e. The van der Waals surface area contributed by atoms with Gasteiger partial charge in [-0.05, 0) is 48.9 Å². The molecule has 0 N–H and O–H groups in total. The van der Waals surface area contributed by atoms with Crippen molar-refractivity contribution in [2.45, 2.75) is 13.0 Å². The number of carbonyl (C=O) groups excluding carboxylic acids is 1. The van der Waals surface area contributed by atoms with Gasteiger partial charge in [-0.2, -0.15) is 0 Å². The summed E-state index contributed by atoms with van der Waals surface area (Å²) in [7, 11) is 0. The van der Waals surface area contributed by atoms with Crippen molar-refractivity contribution in [3.8, 4) is 11.3 Å². The van der Waals surface area contributed by atoms with E-state index in [4.69, 9.17) is 20.5 Å². The molecular weight excluding hydrogens is 340 g/mol. The number of carbonyl (C=O) groups is 1. The van der Waals surface area contributed by atoms with Crippen LogP contribution in [-0.4, -0.2) is 22.5 Å². The van der Waals surface area contributed by atoms with Crippen molar-refractivity contribution in [1.82, 2.24) is 10.1 Å². The Labute approximate surface area is 149 Å². The van der Waals surface area contributed by atoms with Crippen LogP contribution in [0.3, 0.4) is 0 Å². The zero-order chi connectivity index (χ0) is 17.2. The van der Waals surface area contributed by atoms with Crippen LogP contribution in [0.25, 0.3) is 17.4 Å². The first-order chi connectivity index (χ1) is 12.2. The summed E-state index contributed by atoms with van der Waals surface area (Å²) in [5.74, 6) is 1.33. The quantitative estimate of drug-likeness (QED) is 0.662. The van der Waals surface area contributed by atoms with Crippen molar-refractivity contribution < 1.29 is 13.7 Å². The van der Waals surface area contributed by atoms with E-state index in [-0.39, 0.29) is 5.91 Å². The van der Waals surface area contributed by atoms with Gasteiger partial charge in [0.15, 0.2) is 5.76 Å². The summed E-state index contributed by atoms with van der Waals surface area (Å²) in [5, 5.41) is 4.83. The molecule has 126 valence electrons. The van der Waals surface area contributed by atoms with E-state index in [0.717, 1.165) is 22.6 Å². The van der Waals surface area contributed by atoms with Gasteiger partial charge in [-0.3, -0.25) is 4.79 Å². The molecule has 0 saturated heterocycles. The monoisotopic (exact) mass is 354 g/mol. The summed E-state index contributed by atoms with van der Waals surface area (Å²) in [6.07, 6.45) is 5.46. The Bertz CT molecular complexity index is 911. The van der Waals surface area contributed by atoms with Crippen molar-refractivity contribution in [2.24, 2.45) is 0 Å². The van der Waals surface area contributed by atoms with Gasteiger partial charge in [-0.25, -0.2) is 0 Å². The molecule has 1 aliphatic rings. The number of furan rings is 1. The van der Waals surface area contributed by atoms with Gasteiger partial charge in [0.05, 0.1) is 12.8 Å². The van der Waals surface area contributed by atoms with E-state index in [1.807, 2.05) is 24.3 Å². The van der Waals surface area contributed by atoms with Crippen LogP contribution in [0, 0.1) is 0 Å². The first kappa shape index (κ1) is 15.7. The Balaban J connectivity index is 1.50. The van der Waals surface area contributed by atoms with E-state index >= 15 is 0 Å². The van der Waals surface area contributed by atoms with Gasteiger partial charge < -0.3 is 13.8 Å². The molecule has 0 unspecified atom stereocenters. The molecule has 25 heavy (non-hydrogen) atoms. The lowest BCUT2D eigenvalue weighted by Crippen LogP contribution is -2.34. The fourth-order valence-corrected chi connectivity index (χ4v) is 3.02. The highest BCUT2D eigenvalue weighted by Crippen LogP contribution is 2.31. The molecule has 2 aromatic heterocycles. The highest BCUT2D eigenvalue weighted by molar-refractivity contribution is 6.30. The molecule has 0 radical (unpaired) electrons. The van der Waals surface area contributed by atoms with Crippen LogP contribution in [0.4, 0.5) is 0 Å². The molecule has 6 heteroatoms. The van der Waals surface area contributed by atoms with Crippen LogP contribution in [-0.2, 0) is 17.8 Å². The number of benzene rings is 1. The van der Waals surface area contributed by atoms with Crippen LogP contribution in [0.5, 0.6) is 0 Å². The largest absolute Gasteiger partial charge is 0.465 e. The van der Waals surface area contributed by atoms with Crippen molar-refractivity contribution in [2.75, 3.05) is 6.54 Å². The lowest BCUT2D eigenvalue weighted by molar-refractivity contribution is -0.126. The minimum absolute atomic E-state index is 0.0712. The Hall–Kier alpha value is -2.79. The predicted octanol–water partition coefficient (Wildman–Crippen LogP) is 4.19. The van der Waals surface area contributed by atoms with E-state index < -0.39 is 0 Å². The van der Waals surface area contributed by atoms with Crippen LogP contribution < -0.4 is 0 Å². The first-order valence-electron chi connectivity index (χ1n) is 7.94. The lowest BCUT2D eigenvalue weighted by Gasteiger charge is -2.24. The number of hydrogen-bond acceptors (Lipinski definition) is 4. The SMILES string of the molecule is O=C(/C=C/c1ccco1)N1CCc2c(noc2-c2ccc(Cl)cc2)C1. The Morgan fingerprint density at radius 3 is 2.84 bits per heavy atom. The molecule has 0 saturated carbocycles. The Morgan fingerprint density at radius 2 is 2.08 bits per heavy atom. The second-order valence-electron chi connectivity index (χ2n) is 5.80. The molecule has 1 amide bonds. The molecule has 3 heterocycles. The number of halogens is 1. The topological polar surface area (TPSA) is 59.5 Å². The number of nitrogens with zero attached hydrogens (tertiary/aromatic N) is 2. The van der Waals surface area contributed by atoms with E-state index in [1.54, 1.807) is 29.4 Å². The zero-order valence-electron chi connectivity index (χ0n) is 13.3. The standard InChI is InChI=1S/C19H15ClN2O3/c20-14-5-3-13(4-6-14)19-16-9-10-22(12-17(16)21-25-19)18(23)8-7-15-2-1-11-24-15/h1-8,11H,9-10,12H2/b8-7+. The molecule has 4 rings (SSSR count). The number of amides is 1. The highest BCUT2D eigenvalue weighted by Gasteiger charge is 2.26. The smallest absolute Gasteiger partial charge is 0.247 e. The van der Waals surface area contributed by atoms with Crippen molar-refractivity contribution >= 4 is 23.6 Å². The molecule has 0 aliphatic carbocycles. The number of aromatic nitrogens is 1. The fraction of sp³-hybridized carbons (Fsp3) is 0.158. The van der Waals surface area contributed by atoms with Crippen LogP contribution in [0.2, 0.25) is 5.02 Å². The van der Waals surface area contributed by atoms with E-state index in [1.165, 1.54) is 6.08 Å². The predicted molar refractivity (Wildman–Crippen MR) is 93.8 cm³/mol. The lowest BCUT2D eigenvalue weighted by atomic mass is 10.0. The highest BCUT2D eigenvalue weighted by atomic mass is 35.5. The van der Waals surface area contributed by atoms with Gasteiger partial charge in [0.2, 0.25) is 5.91 Å². The molecule has 0 bridgehead atoms. The second kappa shape index (κ2) is 6.61. The molecular formula is C19H15ClN2O3. The number of hydrogen-bond donors (Lipinski definition) is 0. The minimum atomic E-state index is -0.0712. The van der Waals surface area contributed by atoms with E-state index in [9.17, 15) is 4.79 Å². The summed E-state index contributed by atoms with van der Waals surface area (Å²) in [6.45, 7) is 1.06. The molecule has 1 aliphatic heterocycles. The third-order valence-corrected chi connectivity index (χ3v) is 4.45. The normalized spacial score (nSPS) is 14.0. The van der Waals surface area contributed by atoms with Gasteiger partial charge in [-0.15, -0.1) is 0 Å². The summed E-state index contributed by atoms with van der Waals surface area (Å²) in [5.41, 5.74) is 2.80.